The van der Waals surface area contributed by atoms with E-state index < -0.39 is 109 Å². The van der Waals surface area contributed by atoms with Crippen LogP contribution in [0.1, 0.15) is 38.7 Å². The van der Waals surface area contributed by atoms with Crippen molar-refractivity contribution in [2.24, 2.45) is 5.92 Å². The molecule has 21 nitrogen and oxygen atoms in total. The number of amides is 7. The first kappa shape index (κ1) is 40.6. The van der Waals surface area contributed by atoms with Gasteiger partial charge in [0.25, 0.3) is 17.7 Å². The maximum atomic E-state index is 13.4. The number of benzene rings is 1. The molecule has 2 fully saturated rings. The minimum atomic E-state index is -1.94. The number of morpholine rings is 1. The number of hydrazine groups is 1. The molecule has 1 aromatic carbocycles. The van der Waals surface area contributed by atoms with E-state index in [0.29, 0.717) is 5.56 Å². The molecule has 2 heterocycles. The molecule has 0 saturated carbocycles. The van der Waals surface area contributed by atoms with E-state index in [4.69, 9.17) is 14.2 Å². The molecule has 7 amide bonds. The van der Waals surface area contributed by atoms with E-state index in [-0.39, 0.29) is 37.9 Å². The number of epoxide rings is 1. The van der Waals surface area contributed by atoms with Crippen molar-refractivity contribution >= 4 is 53.7 Å². The molecule has 284 valence electrons. The second kappa shape index (κ2) is 19.0. The number of nitrogens with one attached hydrogen (secondary N) is 4. The van der Waals surface area contributed by atoms with Crippen LogP contribution < -0.4 is 21.4 Å². The SMILES string of the molecule is CC(C)[C@H](NC(=O)[C@H](CCC(=O)O)NC(=O)[C@H](CC(=O)O)NC(=O)OCc1ccccc1)C(=O)NN(C(=O)O)C(=O)C1OC1C(=O)N1CCOCC1. The summed E-state index contributed by atoms with van der Waals surface area (Å²) in [5, 5.41) is 34.7. The molecule has 52 heavy (non-hydrogen) atoms. The fourth-order valence-electron chi connectivity index (χ4n) is 4.84. The molecular formula is C31H40N6O15. The lowest BCUT2D eigenvalue weighted by molar-refractivity contribution is -0.142. The average Bonchev–Trinajstić information content (AvgIpc) is 3.90. The number of nitrogens with zero attached hydrogens (tertiary/aromatic N) is 2. The van der Waals surface area contributed by atoms with Gasteiger partial charge in [0.2, 0.25) is 11.8 Å². The summed E-state index contributed by atoms with van der Waals surface area (Å²) < 4.78 is 15.3. The number of carboxylic acid groups (broad SMARTS) is 3. The van der Waals surface area contributed by atoms with Gasteiger partial charge in [-0.3, -0.25) is 39.0 Å². The number of ether oxygens (including phenoxy) is 3. The van der Waals surface area contributed by atoms with Crippen molar-refractivity contribution < 1.29 is 72.7 Å². The minimum absolute atomic E-state index is 0.0934. The zero-order valence-electron chi connectivity index (χ0n) is 28.1. The van der Waals surface area contributed by atoms with E-state index in [0.717, 1.165) is 0 Å². The summed E-state index contributed by atoms with van der Waals surface area (Å²) in [6, 6.07) is 3.31. The van der Waals surface area contributed by atoms with Crippen molar-refractivity contribution in [3.63, 3.8) is 0 Å². The standard InChI is InChI=1S/C31H40N6O15/c1-16(2)22(27(44)35-37(31(48)49)29(46)24-23(52-24)28(45)36-10-12-50-13-11-36)34-25(42)18(8-9-20(38)39)32-26(43)19(14-21(40)41)33-30(47)51-15-17-6-4-3-5-7-17/h3-7,16,18-19,22-24H,8-15H2,1-2H3,(H,32,43)(H,33,47)(H,34,42)(H,35,44)(H,38,39)(H,40,41)(H,48,49)/t18-,19-,22-,23?,24?/m0/s1. The summed E-state index contributed by atoms with van der Waals surface area (Å²) in [5.74, 6) is -9.10. The molecule has 7 N–H and O–H groups in total. The molecule has 0 bridgehead atoms. The van der Waals surface area contributed by atoms with Crippen molar-refractivity contribution in [3.8, 4) is 0 Å². The molecule has 1 aromatic rings. The number of hydrogen-bond donors (Lipinski definition) is 7. The Kier molecular flexibility index (Phi) is 14.8. The summed E-state index contributed by atoms with van der Waals surface area (Å²) in [7, 11) is 0. The van der Waals surface area contributed by atoms with Crippen molar-refractivity contribution in [3.05, 3.63) is 35.9 Å². The lowest BCUT2D eigenvalue weighted by Gasteiger charge is -2.28. The highest BCUT2D eigenvalue weighted by Crippen LogP contribution is 2.26. The first-order valence-electron chi connectivity index (χ1n) is 16.0. The van der Waals surface area contributed by atoms with E-state index >= 15 is 0 Å². The molecule has 2 saturated heterocycles. The lowest BCUT2D eigenvalue weighted by atomic mass is 10.0. The largest absolute Gasteiger partial charge is 0.481 e. The van der Waals surface area contributed by atoms with E-state index in [2.05, 4.69) is 16.0 Å². The van der Waals surface area contributed by atoms with Crippen molar-refractivity contribution in [2.75, 3.05) is 26.3 Å². The van der Waals surface area contributed by atoms with Crippen LogP contribution >= 0.6 is 0 Å². The Balaban J connectivity index is 1.68. The Bertz CT molecular complexity index is 1520. The van der Waals surface area contributed by atoms with E-state index in [9.17, 15) is 58.5 Å². The van der Waals surface area contributed by atoms with Crippen molar-refractivity contribution in [1.82, 2.24) is 31.3 Å². The molecule has 2 unspecified atom stereocenters. The molecular weight excluding hydrogens is 696 g/mol. The quantitative estimate of drug-likeness (QED) is 0.0744. The molecule has 0 aliphatic carbocycles. The number of carboxylic acids is 2. The van der Waals surface area contributed by atoms with Gasteiger partial charge < -0.3 is 50.4 Å². The Hall–Kier alpha value is -5.83. The second-order valence-electron chi connectivity index (χ2n) is 11.9. The van der Waals surface area contributed by atoms with Crippen LogP contribution in [-0.2, 0) is 54.4 Å². The van der Waals surface area contributed by atoms with Crippen LogP contribution in [0.25, 0.3) is 0 Å². The van der Waals surface area contributed by atoms with Crippen LogP contribution in [0.15, 0.2) is 30.3 Å². The Morgan fingerprint density at radius 1 is 0.846 bits per heavy atom. The van der Waals surface area contributed by atoms with Crippen LogP contribution in [-0.4, -0.2) is 136 Å². The lowest BCUT2D eigenvalue weighted by Crippen LogP contribution is -2.61. The fourth-order valence-corrected chi connectivity index (χ4v) is 4.84. The van der Waals surface area contributed by atoms with Gasteiger partial charge in [0.1, 0.15) is 24.7 Å². The zero-order chi connectivity index (χ0) is 38.5. The number of aliphatic carboxylic acids is 2. The normalized spacial score (nSPS) is 18.1. The first-order valence-corrected chi connectivity index (χ1v) is 16.0. The Morgan fingerprint density at radius 2 is 1.48 bits per heavy atom. The maximum absolute atomic E-state index is 13.4. The molecule has 2 aliphatic rings. The summed E-state index contributed by atoms with van der Waals surface area (Å²) in [5.41, 5.74) is 2.46. The van der Waals surface area contributed by atoms with Gasteiger partial charge in [0, 0.05) is 19.5 Å². The van der Waals surface area contributed by atoms with E-state index in [1.807, 2.05) is 5.43 Å². The Labute approximate surface area is 295 Å². The molecule has 21 heteroatoms. The highest BCUT2D eigenvalue weighted by molar-refractivity contribution is 6.02. The molecule has 5 atom stereocenters. The number of hydrogen-bond acceptors (Lipinski definition) is 12. The second-order valence-corrected chi connectivity index (χ2v) is 11.9. The predicted molar refractivity (Wildman–Crippen MR) is 170 cm³/mol. The zero-order valence-corrected chi connectivity index (χ0v) is 28.1. The van der Waals surface area contributed by atoms with Gasteiger partial charge in [-0.25, -0.2) is 9.59 Å². The van der Waals surface area contributed by atoms with Gasteiger partial charge in [-0.15, -0.1) is 5.01 Å². The summed E-state index contributed by atoms with van der Waals surface area (Å²) in [4.78, 5) is 114. The molecule has 0 spiro atoms. The maximum Gasteiger partial charge on any atom is 0.433 e. The molecule has 0 aromatic heterocycles. The summed E-state index contributed by atoms with van der Waals surface area (Å²) >= 11 is 0. The van der Waals surface area contributed by atoms with Crippen LogP contribution in [0.3, 0.4) is 0 Å². The fraction of sp³-hybridized carbons (Fsp3) is 0.516. The van der Waals surface area contributed by atoms with Gasteiger partial charge in [-0.2, -0.15) is 0 Å². The average molecular weight is 737 g/mol. The smallest absolute Gasteiger partial charge is 0.433 e. The predicted octanol–water partition coefficient (Wildman–Crippen LogP) is -1.59. The number of carbonyl (C=O) groups is 9. The number of carbonyl (C=O) groups excluding carboxylic acids is 6. The third-order valence-electron chi connectivity index (χ3n) is 7.66. The van der Waals surface area contributed by atoms with E-state index in [1.165, 1.54) is 18.7 Å². The van der Waals surface area contributed by atoms with Crippen LogP contribution in [0.5, 0.6) is 0 Å². The van der Waals surface area contributed by atoms with Gasteiger partial charge in [0.15, 0.2) is 12.2 Å². The van der Waals surface area contributed by atoms with Crippen LogP contribution in [0.4, 0.5) is 9.59 Å². The van der Waals surface area contributed by atoms with Crippen LogP contribution in [0.2, 0.25) is 0 Å². The van der Waals surface area contributed by atoms with Crippen LogP contribution in [0, 0.1) is 5.92 Å². The third-order valence-corrected chi connectivity index (χ3v) is 7.66. The van der Waals surface area contributed by atoms with Crippen molar-refractivity contribution in [1.29, 1.82) is 0 Å². The van der Waals surface area contributed by atoms with Gasteiger partial charge in [-0.1, -0.05) is 44.2 Å². The topological polar surface area (TPSA) is 300 Å². The monoisotopic (exact) mass is 736 g/mol. The van der Waals surface area contributed by atoms with E-state index in [1.54, 1.807) is 30.3 Å². The highest BCUT2D eigenvalue weighted by atomic mass is 16.6. The first-order chi connectivity index (χ1) is 24.6. The van der Waals surface area contributed by atoms with Gasteiger partial charge >= 0.3 is 24.1 Å². The number of alkyl carbamates (subject to hydrolysis) is 1. The highest BCUT2D eigenvalue weighted by Gasteiger charge is 2.55. The van der Waals surface area contributed by atoms with Gasteiger partial charge in [-0.05, 0) is 17.9 Å². The molecule has 0 radical (unpaired) electrons. The number of rotatable bonds is 16. The minimum Gasteiger partial charge on any atom is -0.481 e. The molecule has 2 aliphatic heterocycles. The Morgan fingerprint density at radius 3 is 2.06 bits per heavy atom. The summed E-state index contributed by atoms with van der Waals surface area (Å²) in [6.07, 6.45) is -8.11. The van der Waals surface area contributed by atoms with Gasteiger partial charge in [0.05, 0.1) is 19.6 Å². The summed E-state index contributed by atoms with van der Waals surface area (Å²) in [6.45, 7) is 3.67. The van der Waals surface area contributed by atoms with Crippen molar-refractivity contribution in [2.45, 2.75) is 70.1 Å². The molecule has 3 rings (SSSR count). The third kappa shape index (κ3) is 12.2. The number of imide groups is 1.